The lowest BCUT2D eigenvalue weighted by Crippen LogP contribution is -1.95. The molecule has 0 spiro atoms. The van der Waals surface area contributed by atoms with Gasteiger partial charge in [-0.05, 0) is 66.0 Å². The van der Waals surface area contributed by atoms with E-state index in [-0.39, 0.29) is 0 Å². The Morgan fingerprint density at radius 2 is 1.50 bits per heavy atom. The number of aromatic nitrogens is 3. The van der Waals surface area contributed by atoms with Gasteiger partial charge < -0.3 is 4.42 Å². The van der Waals surface area contributed by atoms with E-state index < -0.39 is 0 Å². The van der Waals surface area contributed by atoms with Crippen LogP contribution in [0.4, 0.5) is 0 Å². The summed E-state index contributed by atoms with van der Waals surface area (Å²) in [5.74, 6) is 0.533. The molecule has 4 aromatic rings. The highest BCUT2D eigenvalue weighted by atomic mass is 79.9. The van der Waals surface area contributed by atoms with Crippen LogP contribution in [0, 0.1) is 0 Å². The number of hydrogen-bond donors (Lipinski definition) is 0. The van der Waals surface area contributed by atoms with Crippen LogP contribution in [0.15, 0.2) is 54.8 Å². The van der Waals surface area contributed by atoms with Crippen LogP contribution in [-0.2, 0) is 0 Å². The second-order valence-corrected chi connectivity index (χ2v) is 6.87. The summed E-state index contributed by atoms with van der Waals surface area (Å²) in [5.41, 5.74) is 2.39. The van der Waals surface area contributed by atoms with Gasteiger partial charge in [0.1, 0.15) is 11.2 Å². The summed E-state index contributed by atoms with van der Waals surface area (Å²) in [6, 6.07) is 11.9. The van der Waals surface area contributed by atoms with Gasteiger partial charge in [0.25, 0.3) is 0 Å². The van der Waals surface area contributed by atoms with Crippen molar-refractivity contribution in [3.63, 3.8) is 0 Å². The number of hydrogen-bond acceptors (Lipinski definition) is 4. The summed E-state index contributed by atoms with van der Waals surface area (Å²) >= 11 is 10.2. The summed E-state index contributed by atoms with van der Waals surface area (Å²) in [4.78, 5) is 12.8. The van der Waals surface area contributed by atoms with Crippen LogP contribution >= 0.6 is 47.8 Å². The molecule has 0 amide bonds. The topological polar surface area (TPSA) is 51.8 Å². The Bertz CT molecular complexity index is 1010. The number of furan rings is 1. The van der Waals surface area contributed by atoms with E-state index in [2.05, 4.69) is 62.7 Å². The Morgan fingerprint density at radius 3 is 2.27 bits per heavy atom. The highest BCUT2D eigenvalue weighted by Gasteiger charge is 2.18. The minimum Gasteiger partial charge on any atom is -0.455 e. The van der Waals surface area contributed by atoms with E-state index in [1.807, 2.05) is 36.4 Å². The van der Waals surface area contributed by atoms with Gasteiger partial charge in [0, 0.05) is 15.2 Å². The zero-order chi connectivity index (χ0) is 15.3. The summed E-state index contributed by atoms with van der Waals surface area (Å²) in [6.45, 7) is 0. The molecule has 0 bridgehead atoms. The zero-order valence-corrected chi connectivity index (χ0v) is 15.6. The number of rotatable bonds is 1. The van der Waals surface area contributed by atoms with Crippen LogP contribution in [0.5, 0.6) is 0 Å². The summed E-state index contributed by atoms with van der Waals surface area (Å²) in [5, 5.41) is 2.10. The lowest BCUT2D eigenvalue weighted by Gasteiger charge is -2.05. The van der Waals surface area contributed by atoms with Crippen LogP contribution in [0.3, 0.4) is 0 Å². The van der Waals surface area contributed by atoms with E-state index in [0.717, 1.165) is 32.0 Å². The maximum Gasteiger partial charge on any atom is 0.201 e. The molecule has 0 saturated heterocycles. The van der Waals surface area contributed by atoms with Crippen molar-refractivity contribution in [3.05, 3.63) is 50.3 Å². The van der Waals surface area contributed by atoms with Crippen molar-refractivity contribution in [2.24, 2.45) is 0 Å². The second kappa shape index (κ2) is 5.40. The van der Waals surface area contributed by atoms with Gasteiger partial charge >= 0.3 is 0 Å². The second-order valence-electron chi connectivity index (χ2n) is 4.59. The van der Waals surface area contributed by atoms with Gasteiger partial charge in [0.15, 0.2) is 5.82 Å². The predicted molar refractivity (Wildman–Crippen MR) is 95.6 cm³/mol. The van der Waals surface area contributed by atoms with Gasteiger partial charge in [0.2, 0.25) is 9.47 Å². The lowest BCUT2D eigenvalue weighted by molar-refractivity contribution is 0.669. The first-order valence-electron chi connectivity index (χ1n) is 6.30. The Balaban J connectivity index is 2.14. The Morgan fingerprint density at radius 1 is 0.773 bits per heavy atom. The van der Waals surface area contributed by atoms with Gasteiger partial charge in [-0.3, -0.25) is 0 Å². The number of para-hydroxylation sites is 1. The number of benzene rings is 2. The fourth-order valence-corrected chi connectivity index (χ4v) is 3.81. The van der Waals surface area contributed by atoms with Crippen molar-refractivity contribution in [2.45, 2.75) is 0 Å². The summed E-state index contributed by atoms with van der Waals surface area (Å²) < 4.78 is 7.83. The zero-order valence-electron chi connectivity index (χ0n) is 10.8. The van der Waals surface area contributed by atoms with Gasteiger partial charge in [-0.2, -0.15) is 4.98 Å². The van der Waals surface area contributed by atoms with Crippen molar-refractivity contribution >= 4 is 69.7 Å². The first-order chi connectivity index (χ1) is 10.6. The van der Waals surface area contributed by atoms with E-state index in [1.54, 1.807) is 0 Å². The maximum atomic E-state index is 6.04. The van der Waals surface area contributed by atoms with Gasteiger partial charge in [0.05, 0.1) is 5.56 Å². The molecule has 0 radical (unpaired) electrons. The molecule has 7 heteroatoms. The third-order valence-electron chi connectivity index (χ3n) is 3.30. The lowest BCUT2D eigenvalue weighted by atomic mass is 10.1. The minimum atomic E-state index is 0.462. The van der Waals surface area contributed by atoms with Crippen LogP contribution in [0.25, 0.3) is 33.3 Å². The van der Waals surface area contributed by atoms with E-state index in [4.69, 9.17) is 4.42 Å². The number of fused-ring (bicyclic) bond motifs is 3. The normalized spacial score (nSPS) is 11.4. The SMILES string of the molecule is Brc1nc(Br)nc(-c2c(Br)ccc3c2oc2ccccc23)n1. The predicted octanol–water partition coefficient (Wildman–Crippen LogP) is 5.73. The largest absolute Gasteiger partial charge is 0.455 e. The molecular formula is C15H6Br3N3O. The molecular weight excluding hydrogens is 478 g/mol. The van der Waals surface area contributed by atoms with Crippen molar-refractivity contribution < 1.29 is 4.42 Å². The average molecular weight is 484 g/mol. The molecule has 2 aromatic heterocycles. The molecule has 0 aliphatic rings. The quantitative estimate of drug-likeness (QED) is 0.347. The minimum absolute atomic E-state index is 0.462. The van der Waals surface area contributed by atoms with Crippen LogP contribution < -0.4 is 0 Å². The van der Waals surface area contributed by atoms with Gasteiger partial charge in [-0.25, -0.2) is 9.97 Å². The summed E-state index contributed by atoms with van der Waals surface area (Å²) in [6.07, 6.45) is 0. The Kier molecular flexibility index (Phi) is 3.51. The molecule has 0 N–H and O–H groups in total. The molecule has 0 fully saturated rings. The van der Waals surface area contributed by atoms with E-state index >= 15 is 0 Å². The van der Waals surface area contributed by atoms with Crippen molar-refractivity contribution in [2.75, 3.05) is 0 Å². The van der Waals surface area contributed by atoms with Gasteiger partial charge in [-0.1, -0.05) is 18.2 Å². The smallest absolute Gasteiger partial charge is 0.201 e. The molecule has 4 nitrogen and oxygen atoms in total. The molecule has 22 heavy (non-hydrogen) atoms. The third-order valence-corrected chi connectivity index (χ3v) is 4.67. The fourth-order valence-electron chi connectivity index (χ4n) is 2.41. The Labute approximate surface area is 150 Å². The standard InChI is InChI=1S/C15H6Br3N3O/c16-9-6-5-8-7-3-1-2-4-10(7)22-12(8)11(9)13-19-14(17)21-15(18)20-13/h1-6H. The summed E-state index contributed by atoms with van der Waals surface area (Å²) in [7, 11) is 0. The monoisotopic (exact) mass is 481 g/mol. The molecule has 2 heterocycles. The van der Waals surface area contributed by atoms with Gasteiger partial charge in [-0.15, -0.1) is 0 Å². The third kappa shape index (κ3) is 2.28. The molecule has 4 rings (SSSR count). The molecule has 2 aromatic carbocycles. The molecule has 0 saturated carbocycles. The molecule has 0 aliphatic carbocycles. The van der Waals surface area contributed by atoms with Crippen LogP contribution in [0.1, 0.15) is 0 Å². The first-order valence-corrected chi connectivity index (χ1v) is 8.68. The highest BCUT2D eigenvalue weighted by Crippen LogP contribution is 2.39. The first kappa shape index (κ1) is 14.3. The Hall–Kier alpha value is -1.31. The average Bonchev–Trinajstić information content (AvgIpc) is 2.84. The van der Waals surface area contributed by atoms with Crippen molar-refractivity contribution in [1.82, 2.24) is 15.0 Å². The van der Waals surface area contributed by atoms with E-state index in [0.29, 0.717) is 15.3 Å². The maximum absolute atomic E-state index is 6.04. The fraction of sp³-hybridized carbons (Fsp3) is 0. The van der Waals surface area contributed by atoms with Crippen LogP contribution in [-0.4, -0.2) is 15.0 Å². The number of nitrogens with zero attached hydrogens (tertiary/aromatic N) is 3. The molecule has 108 valence electrons. The van der Waals surface area contributed by atoms with E-state index in [1.165, 1.54) is 0 Å². The molecule has 0 atom stereocenters. The number of halogens is 3. The highest BCUT2D eigenvalue weighted by molar-refractivity contribution is 9.11. The van der Waals surface area contributed by atoms with Crippen molar-refractivity contribution in [1.29, 1.82) is 0 Å². The molecule has 0 unspecified atom stereocenters. The molecule has 0 aliphatic heterocycles. The van der Waals surface area contributed by atoms with Crippen LogP contribution in [0.2, 0.25) is 0 Å². The van der Waals surface area contributed by atoms with Crippen molar-refractivity contribution in [3.8, 4) is 11.4 Å². The van der Waals surface area contributed by atoms with E-state index in [9.17, 15) is 0 Å².